The SMILES string of the molecule is C/C=C\[C@@H]1C[C@H](C(C)=O)N(C)[C@H]1[C@@H](N)C(C)(CC)CC. The number of hydrogen-bond acceptors (Lipinski definition) is 3. The van der Waals surface area contributed by atoms with Crippen molar-refractivity contribution in [2.75, 3.05) is 7.05 Å². The van der Waals surface area contributed by atoms with Gasteiger partial charge in [0, 0.05) is 12.1 Å². The molecule has 1 saturated heterocycles. The van der Waals surface area contributed by atoms with E-state index >= 15 is 0 Å². The molecule has 0 aromatic carbocycles. The summed E-state index contributed by atoms with van der Waals surface area (Å²) in [4.78, 5) is 14.1. The fraction of sp³-hybridized carbons (Fsp3) is 0.824. The summed E-state index contributed by atoms with van der Waals surface area (Å²) in [6, 6.07) is 0.364. The minimum Gasteiger partial charge on any atom is -0.326 e. The zero-order valence-electron chi connectivity index (χ0n) is 14.0. The number of hydrogen-bond donors (Lipinski definition) is 1. The molecule has 0 radical (unpaired) electrons. The van der Waals surface area contributed by atoms with Gasteiger partial charge >= 0.3 is 0 Å². The van der Waals surface area contributed by atoms with Crippen molar-refractivity contribution in [1.82, 2.24) is 4.90 Å². The molecule has 1 rings (SSSR count). The number of likely N-dealkylation sites (tertiary alicyclic amines) is 1. The van der Waals surface area contributed by atoms with Crippen molar-refractivity contribution in [3.8, 4) is 0 Å². The lowest BCUT2D eigenvalue weighted by atomic mass is 9.72. The quantitative estimate of drug-likeness (QED) is 0.761. The Morgan fingerprint density at radius 2 is 2.00 bits per heavy atom. The van der Waals surface area contributed by atoms with E-state index in [1.807, 2.05) is 6.92 Å². The molecule has 0 saturated carbocycles. The van der Waals surface area contributed by atoms with Gasteiger partial charge in [0.1, 0.15) is 5.78 Å². The highest BCUT2D eigenvalue weighted by molar-refractivity contribution is 5.81. The Balaban J connectivity index is 3.07. The topological polar surface area (TPSA) is 46.3 Å². The van der Waals surface area contributed by atoms with Gasteiger partial charge in [-0.25, -0.2) is 0 Å². The maximum Gasteiger partial charge on any atom is 0.146 e. The molecular formula is C17H32N2O. The van der Waals surface area contributed by atoms with Gasteiger partial charge in [-0.05, 0) is 51.5 Å². The third-order valence-electron chi connectivity index (χ3n) is 5.59. The average Bonchev–Trinajstić information content (AvgIpc) is 2.74. The van der Waals surface area contributed by atoms with Crippen LogP contribution in [-0.2, 0) is 4.79 Å². The average molecular weight is 280 g/mol. The maximum absolute atomic E-state index is 11.9. The van der Waals surface area contributed by atoms with E-state index in [1.54, 1.807) is 6.92 Å². The van der Waals surface area contributed by atoms with E-state index in [0.717, 1.165) is 19.3 Å². The number of likely N-dealkylation sites (N-methyl/N-ethyl adjacent to an activating group) is 1. The van der Waals surface area contributed by atoms with E-state index in [2.05, 4.69) is 44.9 Å². The molecule has 0 amide bonds. The van der Waals surface area contributed by atoms with Gasteiger partial charge in [-0.2, -0.15) is 0 Å². The van der Waals surface area contributed by atoms with Crippen molar-refractivity contribution >= 4 is 5.78 Å². The molecule has 3 heteroatoms. The minimum atomic E-state index is 0.0187. The molecule has 3 nitrogen and oxygen atoms in total. The van der Waals surface area contributed by atoms with Gasteiger partial charge in [0.2, 0.25) is 0 Å². The van der Waals surface area contributed by atoms with Crippen molar-refractivity contribution in [1.29, 1.82) is 0 Å². The van der Waals surface area contributed by atoms with Gasteiger partial charge in [0.25, 0.3) is 0 Å². The fourth-order valence-corrected chi connectivity index (χ4v) is 3.62. The summed E-state index contributed by atoms with van der Waals surface area (Å²) in [7, 11) is 2.06. The molecule has 0 bridgehead atoms. The van der Waals surface area contributed by atoms with Crippen molar-refractivity contribution in [3.63, 3.8) is 0 Å². The van der Waals surface area contributed by atoms with Crippen LogP contribution in [0.5, 0.6) is 0 Å². The highest BCUT2D eigenvalue weighted by Gasteiger charge is 2.46. The summed E-state index contributed by atoms with van der Waals surface area (Å²) in [5.41, 5.74) is 6.79. The molecular weight excluding hydrogens is 248 g/mol. The molecule has 1 aliphatic rings. The number of Topliss-reactive ketones (excluding diaryl/α,β-unsaturated/α-hetero) is 1. The second-order valence-electron chi connectivity index (χ2n) is 6.59. The number of nitrogens with zero attached hydrogens (tertiary/aromatic N) is 1. The lowest BCUT2D eigenvalue weighted by molar-refractivity contribution is -0.121. The predicted molar refractivity (Wildman–Crippen MR) is 85.6 cm³/mol. The highest BCUT2D eigenvalue weighted by Crippen LogP contribution is 2.39. The number of carbonyl (C=O) groups is 1. The van der Waals surface area contributed by atoms with E-state index < -0.39 is 0 Å². The lowest BCUT2D eigenvalue weighted by Gasteiger charge is -2.42. The van der Waals surface area contributed by atoms with E-state index in [9.17, 15) is 4.79 Å². The molecule has 0 spiro atoms. The molecule has 1 heterocycles. The van der Waals surface area contributed by atoms with Gasteiger partial charge in [-0.15, -0.1) is 0 Å². The Labute approximate surface area is 124 Å². The highest BCUT2D eigenvalue weighted by atomic mass is 16.1. The van der Waals surface area contributed by atoms with Gasteiger partial charge in [-0.3, -0.25) is 9.69 Å². The first kappa shape index (κ1) is 17.4. The van der Waals surface area contributed by atoms with Crippen LogP contribution in [0.4, 0.5) is 0 Å². The molecule has 0 aromatic heterocycles. The van der Waals surface area contributed by atoms with Crippen LogP contribution in [0, 0.1) is 11.3 Å². The van der Waals surface area contributed by atoms with Crippen LogP contribution in [0.3, 0.4) is 0 Å². The monoisotopic (exact) mass is 280 g/mol. The minimum absolute atomic E-state index is 0.0187. The summed E-state index contributed by atoms with van der Waals surface area (Å²) in [6.07, 6.45) is 7.37. The number of nitrogens with two attached hydrogens (primary N) is 1. The largest absolute Gasteiger partial charge is 0.326 e. The van der Waals surface area contributed by atoms with Crippen molar-refractivity contribution in [3.05, 3.63) is 12.2 Å². The van der Waals surface area contributed by atoms with E-state index in [-0.39, 0.29) is 29.3 Å². The number of rotatable bonds is 6. The number of ketones is 1. The van der Waals surface area contributed by atoms with E-state index in [1.165, 1.54) is 0 Å². The van der Waals surface area contributed by atoms with E-state index in [0.29, 0.717) is 5.92 Å². The lowest BCUT2D eigenvalue weighted by Crippen LogP contribution is -2.55. The standard InChI is InChI=1S/C17H32N2O/c1-7-10-13-11-14(12(4)20)19(6)15(13)16(18)17(5,8-2)9-3/h7,10,13-16H,8-9,11,18H2,1-6H3/b10-7-/t13-,14-,15-,16-/m1/s1. The Bertz CT molecular complexity index is 360. The Morgan fingerprint density at radius 3 is 2.40 bits per heavy atom. The Morgan fingerprint density at radius 1 is 1.45 bits per heavy atom. The molecule has 4 atom stereocenters. The molecule has 2 N–H and O–H groups in total. The molecule has 116 valence electrons. The molecule has 0 unspecified atom stereocenters. The van der Waals surface area contributed by atoms with Crippen LogP contribution in [0.25, 0.3) is 0 Å². The number of allylic oxidation sites excluding steroid dienone is 1. The summed E-state index contributed by atoms with van der Waals surface area (Å²) < 4.78 is 0. The van der Waals surface area contributed by atoms with Crippen LogP contribution in [0.2, 0.25) is 0 Å². The van der Waals surface area contributed by atoms with Crippen LogP contribution in [0.15, 0.2) is 12.2 Å². The molecule has 1 aliphatic heterocycles. The predicted octanol–water partition coefficient (Wildman–Crippen LogP) is 2.99. The summed E-state index contributed by atoms with van der Waals surface area (Å²) in [5.74, 6) is 0.637. The van der Waals surface area contributed by atoms with Gasteiger partial charge in [-0.1, -0.05) is 32.9 Å². The normalized spacial score (nSPS) is 30.1. The second kappa shape index (κ2) is 6.86. The molecule has 20 heavy (non-hydrogen) atoms. The van der Waals surface area contributed by atoms with Crippen molar-refractivity contribution < 1.29 is 4.79 Å². The number of carbonyl (C=O) groups excluding carboxylic acids is 1. The van der Waals surface area contributed by atoms with Crippen LogP contribution in [0.1, 0.15) is 53.9 Å². The second-order valence-corrected chi connectivity index (χ2v) is 6.59. The summed E-state index contributed by atoms with van der Waals surface area (Å²) >= 11 is 0. The van der Waals surface area contributed by atoms with Crippen LogP contribution in [-0.4, -0.2) is 35.9 Å². The van der Waals surface area contributed by atoms with Crippen molar-refractivity contribution in [2.45, 2.75) is 72.0 Å². The zero-order valence-corrected chi connectivity index (χ0v) is 14.0. The first-order chi connectivity index (χ1) is 9.32. The third-order valence-corrected chi connectivity index (χ3v) is 5.59. The van der Waals surface area contributed by atoms with Crippen molar-refractivity contribution in [2.24, 2.45) is 17.1 Å². The smallest absolute Gasteiger partial charge is 0.146 e. The van der Waals surface area contributed by atoms with Gasteiger partial charge < -0.3 is 5.73 Å². The fourth-order valence-electron chi connectivity index (χ4n) is 3.62. The first-order valence-corrected chi connectivity index (χ1v) is 7.93. The van der Waals surface area contributed by atoms with Gasteiger partial charge in [0.05, 0.1) is 6.04 Å². The zero-order chi connectivity index (χ0) is 15.5. The van der Waals surface area contributed by atoms with E-state index in [4.69, 9.17) is 5.73 Å². The molecule has 0 aromatic rings. The maximum atomic E-state index is 11.9. The van der Waals surface area contributed by atoms with Crippen LogP contribution >= 0.6 is 0 Å². The van der Waals surface area contributed by atoms with Crippen LogP contribution < -0.4 is 5.73 Å². The molecule has 0 aliphatic carbocycles. The Kier molecular flexibility index (Phi) is 5.96. The molecule has 1 fully saturated rings. The Hall–Kier alpha value is -0.670. The summed E-state index contributed by atoms with van der Waals surface area (Å²) in [6.45, 7) is 10.4. The first-order valence-electron chi connectivity index (χ1n) is 7.93. The third kappa shape index (κ3) is 3.15. The van der Waals surface area contributed by atoms with Gasteiger partial charge in [0.15, 0.2) is 0 Å². The summed E-state index contributed by atoms with van der Waals surface area (Å²) in [5, 5.41) is 0.